The monoisotopic (exact) mass is 334 g/mol. The molecule has 0 radical (unpaired) electrons. The molecule has 1 aromatic heterocycles. The van der Waals surface area contributed by atoms with E-state index in [4.69, 9.17) is 9.47 Å². The Morgan fingerprint density at radius 3 is 2.29 bits per heavy atom. The number of hydrogen-bond donors (Lipinski definition) is 0. The summed E-state index contributed by atoms with van der Waals surface area (Å²) in [5.41, 5.74) is -0.366. The normalized spacial score (nSPS) is 17.2. The van der Waals surface area contributed by atoms with Crippen molar-refractivity contribution in [3.05, 3.63) is 30.1 Å². The second kappa shape index (κ2) is 7.20. The van der Waals surface area contributed by atoms with Gasteiger partial charge in [-0.15, -0.1) is 0 Å². The van der Waals surface area contributed by atoms with Crippen LogP contribution in [0.4, 0.5) is 4.79 Å². The van der Waals surface area contributed by atoms with Crippen LogP contribution in [-0.2, 0) is 19.7 Å². The molecule has 1 aromatic rings. The number of ether oxygens (including phenoxy) is 2. The molecule has 1 fully saturated rings. The molecule has 0 aromatic carbocycles. The van der Waals surface area contributed by atoms with Gasteiger partial charge in [0.15, 0.2) is 0 Å². The van der Waals surface area contributed by atoms with E-state index < -0.39 is 11.0 Å². The van der Waals surface area contributed by atoms with Gasteiger partial charge < -0.3 is 14.4 Å². The zero-order chi connectivity index (χ0) is 17.8. The van der Waals surface area contributed by atoms with Crippen LogP contribution in [0.3, 0.4) is 0 Å². The van der Waals surface area contributed by atoms with Gasteiger partial charge in [0.2, 0.25) is 0 Å². The van der Waals surface area contributed by atoms with Crippen LogP contribution in [0.1, 0.15) is 46.1 Å². The van der Waals surface area contributed by atoms with Crippen molar-refractivity contribution in [2.75, 3.05) is 19.7 Å². The molecule has 6 heteroatoms. The predicted molar refractivity (Wildman–Crippen MR) is 89.6 cm³/mol. The molecule has 1 amide bonds. The molecule has 2 heterocycles. The quantitative estimate of drug-likeness (QED) is 0.795. The third kappa shape index (κ3) is 4.04. The fraction of sp³-hybridized carbons (Fsp3) is 0.611. The number of hydrogen-bond acceptors (Lipinski definition) is 5. The Morgan fingerprint density at radius 1 is 1.21 bits per heavy atom. The summed E-state index contributed by atoms with van der Waals surface area (Å²) in [4.78, 5) is 30.6. The minimum atomic E-state index is -0.725. The molecule has 0 N–H and O–H groups in total. The molecule has 24 heavy (non-hydrogen) atoms. The van der Waals surface area contributed by atoms with Gasteiger partial charge in [-0.2, -0.15) is 0 Å². The lowest BCUT2D eigenvalue weighted by Gasteiger charge is -2.40. The number of rotatable bonds is 3. The number of pyridine rings is 1. The van der Waals surface area contributed by atoms with Crippen LogP contribution in [0.2, 0.25) is 0 Å². The summed E-state index contributed by atoms with van der Waals surface area (Å²) in [6, 6.07) is 3.69. The maximum absolute atomic E-state index is 12.6. The molecular weight excluding hydrogens is 308 g/mol. The summed E-state index contributed by atoms with van der Waals surface area (Å²) in [5.74, 6) is -0.236. The number of carbonyl (C=O) groups excluding carboxylic acids is 2. The lowest BCUT2D eigenvalue weighted by atomic mass is 9.73. The third-order valence-electron chi connectivity index (χ3n) is 4.17. The summed E-state index contributed by atoms with van der Waals surface area (Å²) >= 11 is 0. The number of likely N-dealkylation sites (tertiary alicyclic amines) is 1. The average Bonchev–Trinajstić information content (AvgIpc) is 2.54. The van der Waals surface area contributed by atoms with Crippen molar-refractivity contribution in [1.82, 2.24) is 9.88 Å². The fourth-order valence-corrected chi connectivity index (χ4v) is 2.95. The van der Waals surface area contributed by atoms with Crippen molar-refractivity contribution in [3.8, 4) is 0 Å². The maximum atomic E-state index is 12.6. The van der Waals surface area contributed by atoms with E-state index in [0.717, 1.165) is 5.56 Å². The molecule has 1 aliphatic heterocycles. The summed E-state index contributed by atoms with van der Waals surface area (Å²) in [6.45, 7) is 8.57. The van der Waals surface area contributed by atoms with Crippen LogP contribution in [0.5, 0.6) is 0 Å². The SMILES string of the molecule is CCOC(=O)C1(c2ccncc2)CCN(C(=O)OC(C)(C)C)CC1. The minimum absolute atomic E-state index is 0.236. The first-order chi connectivity index (χ1) is 11.3. The van der Waals surface area contributed by atoms with Gasteiger partial charge in [-0.05, 0) is 58.2 Å². The van der Waals surface area contributed by atoms with E-state index in [0.29, 0.717) is 32.5 Å². The Labute approximate surface area is 143 Å². The summed E-state index contributed by atoms with van der Waals surface area (Å²) in [6.07, 6.45) is 4.03. The van der Waals surface area contributed by atoms with E-state index in [1.807, 2.05) is 32.9 Å². The average molecular weight is 334 g/mol. The lowest BCUT2D eigenvalue weighted by molar-refractivity contribution is -0.152. The molecule has 2 rings (SSSR count). The van der Waals surface area contributed by atoms with Gasteiger partial charge in [-0.25, -0.2) is 4.79 Å². The van der Waals surface area contributed by atoms with Crippen LogP contribution < -0.4 is 0 Å². The number of carbonyl (C=O) groups is 2. The topological polar surface area (TPSA) is 68.7 Å². The van der Waals surface area contributed by atoms with Gasteiger partial charge in [-0.3, -0.25) is 9.78 Å². The highest BCUT2D eigenvalue weighted by atomic mass is 16.6. The smallest absolute Gasteiger partial charge is 0.410 e. The zero-order valence-corrected chi connectivity index (χ0v) is 14.9. The van der Waals surface area contributed by atoms with Crippen LogP contribution in [-0.4, -0.2) is 47.2 Å². The second-order valence-electron chi connectivity index (χ2n) is 7.01. The molecule has 0 bridgehead atoms. The number of nitrogens with zero attached hydrogens (tertiary/aromatic N) is 2. The van der Waals surface area contributed by atoms with Gasteiger partial charge in [0, 0.05) is 25.5 Å². The van der Waals surface area contributed by atoms with Crippen molar-refractivity contribution in [1.29, 1.82) is 0 Å². The molecule has 132 valence electrons. The number of amides is 1. The van der Waals surface area contributed by atoms with Gasteiger partial charge in [0.05, 0.1) is 12.0 Å². The maximum Gasteiger partial charge on any atom is 0.410 e. The van der Waals surface area contributed by atoms with Crippen LogP contribution in [0, 0.1) is 0 Å². The Hall–Kier alpha value is -2.11. The fourth-order valence-electron chi connectivity index (χ4n) is 2.95. The largest absolute Gasteiger partial charge is 0.465 e. The summed E-state index contributed by atoms with van der Waals surface area (Å²) in [5, 5.41) is 0. The molecule has 1 saturated heterocycles. The van der Waals surface area contributed by atoms with E-state index >= 15 is 0 Å². The summed E-state index contributed by atoms with van der Waals surface area (Å²) in [7, 11) is 0. The summed E-state index contributed by atoms with van der Waals surface area (Å²) < 4.78 is 10.7. The van der Waals surface area contributed by atoms with E-state index in [2.05, 4.69) is 4.98 Å². The van der Waals surface area contributed by atoms with E-state index in [-0.39, 0.29) is 12.1 Å². The molecular formula is C18H26N2O4. The molecule has 1 aliphatic rings. The highest BCUT2D eigenvalue weighted by molar-refractivity contribution is 5.84. The van der Waals surface area contributed by atoms with E-state index in [1.54, 1.807) is 24.2 Å². The first kappa shape index (κ1) is 18.2. The molecule has 0 saturated carbocycles. The predicted octanol–water partition coefficient (Wildman–Crippen LogP) is 2.91. The van der Waals surface area contributed by atoms with Gasteiger partial charge in [0.1, 0.15) is 5.60 Å². The Morgan fingerprint density at radius 2 is 1.79 bits per heavy atom. The lowest BCUT2D eigenvalue weighted by Crippen LogP contribution is -2.50. The molecule has 6 nitrogen and oxygen atoms in total. The Kier molecular flexibility index (Phi) is 5.47. The second-order valence-corrected chi connectivity index (χ2v) is 7.01. The van der Waals surface area contributed by atoms with Crippen molar-refractivity contribution >= 4 is 12.1 Å². The Balaban J connectivity index is 2.16. The molecule has 0 aliphatic carbocycles. The van der Waals surface area contributed by atoms with E-state index in [1.165, 1.54) is 0 Å². The van der Waals surface area contributed by atoms with Crippen molar-refractivity contribution in [2.45, 2.75) is 51.6 Å². The van der Waals surface area contributed by atoms with Crippen molar-refractivity contribution in [3.63, 3.8) is 0 Å². The minimum Gasteiger partial charge on any atom is -0.465 e. The van der Waals surface area contributed by atoms with E-state index in [9.17, 15) is 9.59 Å². The first-order valence-corrected chi connectivity index (χ1v) is 8.34. The Bertz CT molecular complexity index is 572. The van der Waals surface area contributed by atoms with Crippen LogP contribution >= 0.6 is 0 Å². The number of esters is 1. The molecule has 0 atom stereocenters. The standard InChI is InChI=1S/C18H26N2O4/c1-5-23-15(21)18(14-6-10-19-11-7-14)8-12-20(13-9-18)16(22)24-17(2,3)4/h6-7,10-11H,5,8-9,12-13H2,1-4H3. The highest BCUT2D eigenvalue weighted by Gasteiger charge is 2.45. The van der Waals surface area contributed by atoms with Gasteiger partial charge in [0.25, 0.3) is 0 Å². The molecule has 0 spiro atoms. The highest BCUT2D eigenvalue weighted by Crippen LogP contribution is 2.37. The van der Waals surface area contributed by atoms with Gasteiger partial charge in [-0.1, -0.05) is 0 Å². The number of piperidine rings is 1. The van der Waals surface area contributed by atoms with Crippen LogP contribution in [0.25, 0.3) is 0 Å². The van der Waals surface area contributed by atoms with Crippen molar-refractivity contribution in [2.24, 2.45) is 0 Å². The third-order valence-corrected chi connectivity index (χ3v) is 4.17. The zero-order valence-electron chi connectivity index (χ0n) is 14.9. The molecule has 0 unspecified atom stereocenters. The van der Waals surface area contributed by atoms with Gasteiger partial charge >= 0.3 is 12.1 Å². The van der Waals surface area contributed by atoms with Crippen molar-refractivity contribution < 1.29 is 19.1 Å². The number of aromatic nitrogens is 1. The van der Waals surface area contributed by atoms with Crippen LogP contribution in [0.15, 0.2) is 24.5 Å². The first-order valence-electron chi connectivity index (χ1n) is 8.34.